The Morgan fingerprint density at radius 1 is 1.56 bits per heavy atom. The van der Waals surface area contributed by atoms with Crippen molar-refractivity contribution in [2.24, 2.45) is 5.92 Å². The predicted molar refractivity (Wildman–Crippen MR) is 70.5 cm³/mol. The number of hydrogen-bond acceptors (Lipinski definition) is 4. The molecule has 1 rings (SSSR count). The molecule has 1 fully saturated rings. The number of carboxylic acids is 1. The van der Waals surface area contributed by atoms with Crippen molar-refractivity contribution in [3.05, 3.63) is 0 Å². The van der Waals surface area contributed by atoms with Gasteiger partial charge >= 0.3 is 5.97 Å². The number of rotatable bonds is 6. The lowest BCUT2D eigenvalue weighted by Crippen LogP contribution is -2.46. The summed E-state index contributed by atoms with van der Waals surface area (Å²) in [4.78, 5) is 24.9. The van der Waals surface area contributed by atoms with Gasteiger partial charge in [0.15, 0.2) is 0 Å². The average molecular weight is 275 g/mol. The molecule has 1 amide bonds. The molecule has 1 heterocycles. The molecule has 1 aliphatic rings. The number of amides is 1. The third-order valence-electron chi connectivity index (χ3n) is 2.99. The lowest BCUT2D eigenvalue weighted by Gasteiger charge is -2.27. The smallest absolute Gasteiger partial charge is 0.327 e. The summed E-state index contributed by atoms with van der Waals surface area (Å²) < 4.78 is 5.00. The van der Waals surface area contributed by atoms with Gasteiger partial charge in [-0.3, -0.25) is 4.79 Å². The highest BCUT2D eigenvalue weighted by Gasteiger charge is 2.40. The molecule has 104 valence electrons. The van der Waals surface area contributed by atoms with E-state index in [0.717, 1.165) is 6.42 Å². The summed E-state index contributed by atoms with van der Waals surface area (Å²) in [6, 6.07) is -0.679. The zero-order valence-corrected chi connectivity index (χ0v) is 11.9. The number of aliphatic carboxylic acids is 1. The van der Waals surface area contributed by atoms with E-state index in [9.17, 15) is 9.59 Å². The van der Waals surface area contributed by atoms with Crippen molar-refractivity contribution in [3.63, 3.8) is 0 Å². The summed E-state index contributed by atoms with van der Waals surface area (Å²) in [5.74, 6) is -0.395. The van der Waals surface area contributed by atoms with E-state index in [4.69, 9.17) is 9.84 Å². The van der Waals surface area contributed by atoms with Gasteiger partial charge in [0.05, 0.1) is 5.37 Å². The number of nitrogens with zero attached hydrogens (tertiary/aromatic N) is 1. The largest absolute Gasteiger partial charge is 0.480 e. The molecular formula is C12H21NO4S. The van der Waals surface area contributed by atoms with Gasteiger partial charge in [0.2, 0.25) is 5.91 Å². The first-order valence-electron chi connectivity index (χ1n) is 6.15. The van der Waals surface area contributed by atoms with Gasteiger partial charge in [-0.2, -0.15) is 0 Å². The van der Waals surface area contributed by atoms with Crippen molar-refractivity contribution >= 4 is 23.6 Å². The number of carbonyl (C=O) groups excluding carboxylic acids is 1. The summed E-state index contributed by atoms with van der Waals surface area (Å²) in [6.45, 7) is 4.42. The summed E-state index contributed by atoms with van der Waals surface area (Å²) in [6.07, 6.45) is 1.12. The summed E-state index contributed by atoms with van der Waals surface area (Å²) in [5, 5.41) is 9.15. The Labute approximate surface area is 112 Å². The van der Waals surface area contributed by atoms with Gasteiger partial charge in [-0.05, 0) is 12.3 Å². The molecule has 1 N–H and O–H groups in total. The van der Waals surface area contributed by atoms with Gasteiger partial charge in [0.1, 0.15) is 6.04 Å². The van der Waals surface area contributed by atoms with E-state index in [1.807, 2.05) is 13.8 Å². The van der Waals surface area contributed by atoms with Gasteiger partial charge < -0.3 is 14.7 Å². The minimum atomic E-state index is -0.911. The molecule has 0 radical (unpaired) electrons. The molecule has 0 saturated carbocycles. The highest BCUT2D eigenvalue weighted by Crippen LogP contribution is 2.32. The minimum Gasteiger partial charge on any atom is -0.480 e. The second kappa shape index (κ2) is 6.99. The highest BCUT2D eigenvalue weighted by molar-refractivity contribution is 8.00. The highest BCUT2D eigenvalue weighted by atomic mass is 32.2. The first-order chi connectivity index (χ1) is 8.51. The first-order valence-corrected chi connectivity index (χ1v) is 7.20. The fourth-order valence-electron chi connectivity index (χ4n) is 2.15. The lowest BCUT2D eigenvalue weighted by molar-refractivity contribution is -0.149. The fraction of sp³-hybridized carbons (Fsp3) is 0.833. The van der Waals surface area contributed by atoms with Gasteiger partial charge in [0.25, 0.3) is 0 Å². The summed E-state index contributed by atoms with van der Waals surface area (Å²) >= 11 is 1.55. The molecule has 5 nitrogen and oxygen atoms in total. The standard InChI is InChI=1S/C12H21NO4S/c1-4-11-13(9(7-18-11)12(15)16)10(14)5-8(2)6-17-3/h8-9,11H,4-7H2,1-3H3,(H,15,16). The van der Waals surface area contributed by atoms with Crippen molar-refractivity contribution in [3.8, 4) is 0 Å². The van der Waals surface area contributed by atoms with Crippen LogP contribution in [-0.2, 0) is 14.3 Å². The third-order valence-corrected chi connectivity index (χ3v) is 4.44. The lowest BCUT2D eigenvalue weighted by atomic mass is 10.1. The van der Waals surface area contributed by atoms with Crippen molar-refractivity contribution in [2.45, 2.75) is 38.1 Å². The van der Waals surface area contributed by atoms with Crippen LogP contribution in [0.5, 0.6) is 0 Å². The van der Waals surface area contributed by atoms with Crippen LogP contribution in [0.2, 0.25) is 0 Å². The maximum absolute atomic E-state index is 12.2. The van der Waals surface area contributed by atoms with Crippen molar-refractivity contribution in [1.29, 1.82) is 0 Å². The maximum atomic E-state index is 12.2. The SMILES string of the molecule is CCC1SCC(C(=O)O)N1C(=O)CC(C)COC. The number of carboxylic acid groups (broad SMARTS) is 1. The molecule has 3 atom stereocenters. The Kier molecular flexibility index (Phi) is 5.95. The van der Waals surface area contributed by atoms with Gasteiger partial charge in [0, 0.05) is 25.9 Å². The molecular weight excluding hydrogens is 254 g/mol. The van der Waals surface area contributed by atoms with Crippen LogP contribution in [0.25, 0.3) is 0 Å². The Morgan fingerprint density at radius 2 is 2.22 bits per heavy atom. The number of methoxy groups -OCH3 is 1. The van der Waals surface area contributed by atoms with Crippen molar-refractivity contribution < 1.29 is 19.4 Å². The van der Waals surface area contributed by atoms with E-state index < -0.39 is 12.0 Å². The van der Waals surface area contributed by atoms with E-state index in [2.05, 4.69) is 0 Å². The molecule has 0 bridgehead atoms. The summed E-state index contributed by atoms with van der Waals surface area (Å²) in [7, 11) is 1.60. The molecule has 0 spiro atoms. The number of carbonyl (C=O) groups is 2. The average Bonchev–Trinajstić information content (AvgIpc) is 2.72. The zero-order valence-electron chi connectivity index (χ0n) is 11.1. The molecule has 0 aromatic carbocycles. The second-order valence-corrected chi connectivity index (χ2v) is 5.83. The fourth-order valence-corrected chi connectivity index (χ4v) is 3.52. The van der Waals surface area contributed by atoms with Crippen molar-refractivity contribution in [1.82, 2.24) is 4.90 Å². The van der Waals surface area contributed by atoms with E-state index in [-0.39, 0.29) is 17.2 Å². The number of ether oxygens (including phenoxy) is 1. The molecule has 3 unspecified atom stereocenters. The quantitative estimate of drug-likeness (QED) is 0.794. The Hall–Kier alpha value is -0.750. The van der Waals surface area contributed by atoms with E-state index in [0.29, 0.717) is 18.8 Å². The van der Waals surface area contributed by atoms with Crippen LogP contribution in [0.15, 0.2) is 0 Å². The third kappa shape index (κ3) is 3.62. The van der Waals surface area contributed by atoms with E-state index in [1.165, 1.54) is 0 Å². The normalized spacial score (nSPS) is 25.2. The van der Waals surface area contributed by atoms with Crippen LogP contribution in [0, 0.1) is 5.92 Å². The molecule has 1 saturated heterocycles. The minimum absolute atomic E-state index is 0.00616. The van der Waals surface area contributed by atoms with Gasteiger partial charge in [-0.1, -0.05) is 13.8 Å². The topological polar surface area (TPSA) is 66.8 Å². The molecule has 6 heteroatoms. The maximum Gasteiger partial charge on any atom is 0.327 e. The predicted octanol–water partition coefficient (Wildman–Crippen LogP) is 1.42. The molecule has 0 aliphatic carbocycles. The summed E-state index contributed by atoms with van der Waals surface area (Å²) in [5.41, 5.74) is 0. The molecule has 0 aromatic rings. The molecule has 18 heavy (non-hydrogen) atoms. The van der Waals surface area contributed by atoms with Crippen LogP contribution in [0.1, 0.15) is 26.7 Å². The van der Waals surface area contributed by atoms with Crippen LogP contribution < -0.4 is 0 Å². The number of hydrogen-bond donors (Lipinski definition) is 1. The Bertz CT molecular complexity index is 310. The molecule has 1 aliphatic heterocycles. The van der Waals surface area contributed by atoms with Crippen LogP contribution in [0.3, 0.4) is 0 Å². The second-order valence-electron chi connectivity index (χ2n) is 4.62. The first kappa shape index (κ1) is 15.3. The van der Waals surface area contributed by atoms with E-state index >= 15 is 0 Å². The Morgan fingerprint density at radius 3 is 2.72 bits per heavy atom. The molecule has 0 aromatic heterocycles. The van der Waals surface area contributed by atoms with Crippen LogP contribution in [-0.4, -0.2) is 52.8 Å². The van der Waals surface area contributed by atoms with E-state index in [1.54, 1.807) is 23.8 Å². The Balaban J connectivity index is 2.69. The zero-order chi connectivity index (χ0) is 13.7. The van der Waals surface area contributed by atoms with Crippen molar-refractivity contribution in [2.75, 3.05) is 19.5 Å². The monoisotopic (exact) mass is 275 g/mol. The van der Waals surface area contributed by atoms with Crippen LogP contribution >= 0.6 is 11.8 Å². The van der Waals surface area contributed by atoms with Gasteiger partial charge in [-0.25, -0.2) is 4.79 Å². The van der Waals surface area contributed by atoms with Gasteiger partial charge in [-0.15, -0.1) is 11.8 Å². The van der Waals surface area contributed by atoms with Crippen LogP contribution in [0.4, 0.5) is 0 Å². The number of thioether (sulfide) groups is 1.